The van der Waals surface area contributed by atoms with Crippen molar-refractivity contribution in [1.82, 2.24) is 10.6 Å². The van der Waals surface area contributed by atoms with E-state index in [1.54, 1.807) is 0 Å². The number of morpholine rings is 1. The highest BCUT2D eigenvalue weighted by Crippen LogP contribution is 2.33. The lowest BCUT2D eigenvalue weighted by molar-refractivity contribution is -0.0930. The van der Waals surface area contributed by atoms with Gasteiger partial charge in [-0.3, -0.25) is 0 Å². The van der Waals surface area contributed by atoms with E-state index in [0.717, 1.165) is 26.2 Å². The highest BCUT2D eigenvalue weighted by atomic mass is 16.5. The fourth-order valence-electron chi connectivity index (χ4n) is 2.46. The zero-order chi connectivity index (χ0) is 9.31. The number of nitrogens with one attached hydrogen (secondary N) is 2. The highest BCUT2D eigenvalue weighted by Gasteiger charge is 2.43. The molecule has 2 N–H and O–H groups in total. The third-order valence-electron chi connectivity index (χ3n) is 3.56. The van der Waals surface area contributed by atoms with Gasteiger partial charge >= 0.3 is 0 Å². The summed E-state index contributed by atoms with van der Waals surface area (Å²) in [5, 5.41) is 7.01. The molecule has 3 heteroatoms. The van der Waals surface area contributed by atoms with E-state index in [1.165, 1.54) is 6.42 Å². The fourth-order valence-corrected chi connectivity index (χ4v) is 2.46. The Balaban J connectivity index is 2.11. The SMILES string of the molecule is CC[C@]1(C)CNC[C@@H]2NCCOC21. The Hall–Kier alpha value is -0.120. The first-order valence-electron chi connectivity index (χ1n) is 5.32. The Kier molecular flexibility index (Phi) is 2.58. The van der Waals surface area contributed by atoms with Crippen LogP contribution >= 0.6 is 0 Å². The number of fused-ring (bicyclic) bond motifs is 1. The van der Waals surface area contributed by atoms with Crippen molar-refractivity contribution in [3.05, 3.63) is 0 Å². The third-order valence-corrected chi connectivity index (χ3v) is 3.56. The predicted octanol–water partition coefficient (Wildman–Crippen LogP) is 0.363. The van der Waals surface area contributed by atoms with Crippen molar-refractivity contribution in [3.63, 3.8) is 0 Å². The van der Waals surface area contributed by atoms with Gasteiger partial charge in [0.25, 0.3) is 0 Å². The van der Waals surface area contributed by atoms with Gasteiger partial charge in [-0.2, -0.15) is 0 Å². The molecule has 3 nitrogen and oxygen atoms in total. The van der Waals surface area contributed by atoms with Crippen LogP contribution in [0.15, 0.2) is 0 Å². The lowest BCUT2D eigenvalue weighted by Crippen LogP contribution is -2.65. The van der Waals surface area contributed by atoms with Gasteiger partial charge in [0, 0.05) is 31.1 Å². The molecule has 2 rings (SSSR count). The molecule has 0 aliphatic carbocycles. The summed E-state index contributed by atoms with van der Waals surface area (Å²) in [6.07, 6.45) is 1.59. The van der Waals surface area contributed by atoms with Crippen molar-refractivity contribution in [2.45, 2.75) is 32.4 Å². The van der Waals surface area contributed by atoms with Crippen molar-refractivity contribution in [3.8, 4) is 0 Å². The zero-order valence-corrected chi connectivity index (χ0v) is 8.60. The number of rotatable bonds is 1. The Morgan fingerprint density at radius 2 is 2.38 bits per heavy atom. The Bertz CT molecular complexity index is 184. The molecule has 1 unspecified atom stereocenters. The van der Waals surface area contributed by atoms with Gasteiger partial charge in [0.05, 0.1) is 12.7 Å². The molecule has 2 heterocycles. The monoisotopic (exact) mass is 184 g/mol. The maximum absolute atomic E-state index is 5.89. The van der Waals surface area contributed by atoms with E-state index < -0.39 is 0 Å². The van der Waals surface area contributed by atoms with Crippen molar-refractivity contribution in [1.29, 1.82) is 0 Å². The Morgan fingerprint density at radius 1 is 1.54 bits per heavy atom. The van der Waals surface area contributed by atoms with Crippen LogP contribution in [0.4, 0.5) is 0 Å². The largest absolute Gasteiger partial charge is 0.375 e. The van der Waals surface area contributed by atoms with Crippen LogP contribution in [0.3, 0.4) is 0 Å². The summed E-state index contributed by atoms with van der Waals surface area (Å²) in [6, 6.07) is 0.521. The van der Waals surface area contributed by atoms with Crippen molar-refractivity contribution >= 4 is 0 Å². The molecule has 2 saturated heterocycles. The second kappa shape index (κ2) is 3.56. The standard InChI is InChI=1S/C10H20N2O/c1-3-10(2)7-11-6-8-9(10)13-5-4-12-8/h8-9,11-12H,3-7H2,1-2H3/t8-,9?,10+/m0/s1. The van der Waals surface area contributed by atoms with E-state index in [9.17, 15) is 0 Å². The van der Waals surface area contributed by atoms with Crippen LogP contribution in [0.5, 0.6) is 0 Å². The van der Waals surface area contributed by atoms with Gasteiger partial charge in [0.15, 0.2) is 0 Å². The van der Waals surface area contributed by atoms with Gasteiger partial charge in [0.1, 0.15) is 0 Å². The lowest BCUT2D eigenvalue weighted by Gasteiger charge is -2.48. The maximum Gasteiger partial charge on any atom is 0.0806 e. The molecule has 0 aromatic carbocycles. The predicted molar refractivity (Wildman–Crippen MR) is 52.8 cm³/mol. The van der Waals surface area contributed by atoms with Gasteiger partial charge in [0.2, 0.25) is 0 Å². The summed E-state index contributed by atoms with van der Waals surface area (Å²) < 4.78 is 5.89. The fraction of sp³-hybridized carbons (Fsp3) is 1.00. The van der Waals surface area contributed by atoms with E-state index in [-0.39, 0.29) is 0 Å². The molecule has 2 aliphatic heterocycles. The van der Waals surface area contributed by atoms with Gasteiger partial charge in [-0.1, -0.05) is 13.8 Å². The first-order chi connectivity index (χ1) is 6.26. The van der Waals surface area contributed by atoms with Gasteiger partial charge in [-0.15, -0.1) is 0 Å². The van der Waals surface area contributed by atoms with Crippen LogP contribution < -0.4 is 10.6 Å². The smallest absolute Gasteiger partial charge is 0.0806 e. The third kappa shape index (κ3) is 1.60. The van der Waals surface area contributed by atoms with Crippen LogP contribution in [-0.2, 0) is 4.74 Å². The minimum atomic E-state index is 0.316. The van der Waals surface area contributed by atoms with E-state index in [2.05, 4.69) is 24.5 Å². The van der Waals surface area contributed by atoms with Crippen LogP contribution in [0.2, 0.25) is 0 Å². The number of hydrogen-bond donors (Lipinski definition) is 2. The minimum absolute atomic E-state index is 0.316. The summed E-state index contributed by atoms with van der Waals surface area (Å²) in [6.45, 7) is 8.60. The zero-order valence-electron chi connectivity index (χ0n) is 8.60. The van der Waals surface area contributed by atoms with Gasteiger partial charge in [-0.05, 0) is 6.42 Å². The molecule has 2 aliphatic rings. The normalized spacial score (nSPS) is 45.7. The minimum Gasteiger partial charge on any atom is -0.375 e. The first-order valence-corrected chi connectivity index (χ1v) is 5.32. The van der Waals surface area contributed by atoms with E-state index in [4.69, 9.17) is 4.74 Å². The summed E-state index contributed by atoms with van der Waals surface area (Å²) in [7, 11) is 0. The Morgan fingerprint density at radius 3 is 3.15 bits per heavy atom. The molecule has 0 saturated carbocycles. The van der Waals surface area contributed by atoms with Crippen LogP contribution in [-0.4, -0.2) is 38.4 Å². The van der Waals surface area contributed by atoms with Crippen molar-refractivity contribution in [2.75, 3.05) is 26.2 Å². The Labute approximate surface area is 80.2 Å². The number of ether oxygens (including phenoxy) is 1. The molecule has 3 atom stereocenters. The van der Waals surface area contributed by atoms with Gasteiger partial charge < -0.3 is 15.4 Å². The average Bonchev–Trinajstić information content (AvgIpc) is 2.19. The molecule has 0 aromatic rings. The van der Waals surface area contributed by atoms with E-state index >= 15 is 0 Å². The number of hydrogen-bond acceptors (Lipinski definition) is 3. The summed E-state index contributed by atoms with van der Waals surface area (Å²) >= 11 is 0. The maximum atomic E-state index is 5.89. The average molecular weight is 184 g/mol. The van der Waals surface area contributed by atoms with Crippen LogP contribution in [0.1, 0.15) is 20.3 Å². The molecule has 0 radical (unpaired) electrons. The lowest BCUT2D eigenvalue weighted by atomic mass is 9.75. The topological polar surface area (TPSA) is 33.3 Å². The van der Waals surface area contributed by atoms with Crippen molar-refractivity contribution in [2.24, 2.45) is 5.41 Å². The first kappa shape index (κ1) is 9.44. The summed E-state index contributed by atoms with van der Waals surface area (Å²) in [4.78, 5) is 0. The molecule has 76 valence electrons. The van der Waals surface area contributed by atoms with E-state index in [1.807, 2.05) is 0 Å². The molecule has 0 aromatic heterocycles. The molecule has 0 amide bonds. The number of piperidine rings is 1. The summed E-state index contributed by atoms with van der Waals surface area (Å²) in [5.41, 5.74) is 0.316. The summed E-state index contributed by atoms with van der Waals surface area (Å²) in [5.74, 6) is 0. The molecule has 0 spiro atoms. The molecule has 13 heavy (non-hydrogen) atoms. The molecular weight excluding hydrogens is 164 g/mol. The molecule has 0 bridgehead atoms. The second-order valence-corrected chi connectivity index (χ2v) is 4.49. The molecule has 2 fully saturated rings. The van der Waals surface area contributed by atoms with Crippen LogP contribution in [0.25, 0.3) is 0 Å². The quantitative estimate of drug-likeness (QED) is 0.617. The van der Waals surface area contributed by atoms with Crippen LogP contribution in [0, 0.1) is 5.41 Å². The van der Waals surface area contributed by atoms with Gasteiger partial charge in [-0.25, -0.2) is 0 Å². The highest BCUT2D eigenvalue weighted by molar-refractivity contribution is 4.99. The second-order valence-electron chi connectivity index (χ2n) is 4.49. The van der Waals surface area contributed by atoms with E-state index in [0.29, 0.717) is 17.6 Å². The van der Waals surface area contributed by atoms with Crippen molar-refractivity contribution < 1.29 is 4.74 Å². The molecular formula is C10H20N2O.